The quantitative estimate of drug-likeness (QED) is 0.822. The lowest BCUT2D eigenvalue weighted by Crippen LogP contribution is -2.35. The van der Waals surface area contributed by atoms with E-state index in [9.17, 15) is 4.79 Å². The van der Waals surface area contributed by atoms with Crippen LogP contribution < -0.4 is 14.9 Å². The molecule has 0 aliphatic heterocycles. The van der Waals surface area contributed by atoms with E-state index in [1.54, 1.807) is 18.2 Å². The fraction of sp³-hybridized carbons (Fsp3) is 0.550. The van der Waals surface area contributed by atoms with E-state index in [-0.39, 0.29) is 23.3 Å². The fourth-order valence-electron chi connectivity index (χ4n) is 4.26. The van der Waals surface area contributed by atoms with Crippen molar-refractivity contribution in [3.05, 3.63) is 23.8 Å². The number of carbonyl (C=O) groups excluding carboxylic acids is 1. The van der Waals surface area contributed by atoms with E-state index in [0.717, 1.165) is 18.6 Å². The van der Waals surface area contributed by atoms with Gasteiger partial charge in [0.2, 0.25) is 0 Å². The third-order valence-electron chi connectivity index (χ3n) is 6.48. The molecule has 1 amide bonds. The summed E-state index contributed by atoms with van der Waals surface area (Å²) in [6.45, 7) is 6.69. The van der Waals surface area contributed by atoms with Gasteiger partial charge in [-0.15, -0.1) is 0 Å². The molecule has 6 heteroatoms. The molecule has 26 heavy (non-hydrogen) atoms. The molecule has 1 aromatic carbocycles. The van der Waals surface area contributed by atoms with Gasteiger partial charge in [-0.2, -0.15) is 10.4 Å². The van der Waals surface area contributed by atoms with Crippen molar-refractivity contribution in [2.75, 3.05) is 13.7 Å². The molecule has 2 atom stereocenters. The first kappa shape index (κ1) is 18.2. The summed E-state index contributed by atoms with van der Waals surface area (Å²) in [7, 11) is 1.49. The fourth-order valence-corrected chi connectivity index (χ4v) is 4.26. The zero-order valence-corrected chi connectivity index (χ0v) is 15.8. The Labute approximate surface area is 154 Å². The van der Waals surface area contributed by atoms with E-state index in [4.69, 9.17) is 14.7 Å². The number of methoxy groups -OCH3 is 1. The Morgan fingerprint density at radius 3 is 2.73 bits per heavy atom. The maximum absolute atomic E-state index is 12.1. The third kappa shape index (κ3) is 2.92. The van der Waals surface area contributed by atoms with Crippen molar-refractivity contribution in [3.8, 4) is 17.6 Å². The molecule has 2 fully saturated rings. The van der Waals surface area contributed by atoms with Crippen LogP contribution in [0.4, 0.5) is 0 Å². The van der Waals surface area contributed by atoms with Gasteiger partial charge in [0.05, 0.1) is 18.7 Å². The van der Waals surface area contributed by atoms with Crippen LogP contribution in [-0.2, 0) is 4.79 Å². The highest BCUT2D eigenvalue weighted by Gasteiger charge is 2.59. The number of nitrogens with one attached hydrogen (secondary N) is 1. The highest BCUT2D eigenvalue weighted by atomic mass is 16.5. The molecule has 0 aromatic heterocycles. The zero-order chi connectivity index (χ0) is 18.9. The summed E-state index contributed by atoms with van der Waals surface area (Å²) in [6, 6.07) is 6.85. The molecule has 1 aromatic rings. The molecule has 3 rings (SSSR count). The first-order chi connectivity index (χ1) is 12.3. The number of hydrogen-bond acceptors (Lipinski definition) is 5. The molecular formula is C20H25N3O3. The van der Waals surface area contributed by atoms with Crippen LogP contribution in [0.5, 0.6) is 11.5 Å². The number of ether oxygens (including phenoxy) is 2. The first-order valence-electron chi connectivity index (χ1n) is 8.88. The van der Waals surface area contributed by atoms with Gasteiger partial charge < -0.3 is 9.47 Å². The van der Waals surface area contributed by atoms with Gasteiger partial charge in [0.1, 0.15) is 0 Å². The van der Waals surface area contributed by atoms with E-state index in [1.807, 2.05) is 6.07 Å². The third-order valence-corrected chi connectivity index (χ3v) is 6.48. The number of fused-ring (bicyclic) bond motifs is 2. The second-order valence-electron chi connectivity index (χ2n) is 7.85. The van der Waals surface area contributed by atoms with Gasteiger partial charge in [0.15, 0.2) is 18.1 Å². The summed E-state index contributed by atoms with van der Waals surface area (Å²) in [5.74, 6) is 1.17. The Morgan fingerprint density at radius 1 is 1.38 bits per heavy atom. The Hall–Kier alpha value is -2.55. The van der Waals surface area contributed by atoms with Crippen molar-refractivity contribution in [2.45, 2.75) is 40.0 Å². The van der Waals surface area contributed by atoms with Gasteiger partial charge in [-0.3, -0.25) is 4.79 Å². The number of amides is 1. The molecule has 2 aliphatic carbocycles. The zero-order valence-electron chi connectivity index (χ0n) is 15.8. The smallest absolute Gasteiger partial charge is 0.277 e. The average molecular weight is 355 g/mol. The van der Waals surface area contributed by atoms with Gasteiger partial charge in [-0.25, -0.2) is 5.43 Å². The number of carbonyl (C=O) groups is 1. The van der Waals surface area contributed by atoms with Gasteiger partial charge in [-0.05, 0) is 42.7 Å². The second-order valence-corrected chi connectivity index (χ2v) is 7.85. The average Bonchev–Trinajstić information content (AvgIpc) is 2.97. The van der Waals surface area contributed by atoms with Crippen LogP contribution in [0.15, 0.2) is 23.3 Å². The summed E-state index contributed by atoms with van der Waals surface area (Å²) in [5.41, 5.74) is 4.47. The van der Waals surface area contributed by atoms with Crippen LogP contribution in [0.25, 0.3) is 0 Å². The monoisotopic (exact) mass is 355 g/mol. The minimum absolute atomic E-state index is 0.0577. The molecule has 2 saturated carbocycles. The number of hydrazone groups is 1. The standard InChI is InChI=1S/C20H25N3O3/c1-19(2)14-7-8-20(19,3)17(10-14)22-23-18(24)12-26-15-6-5-13(11-21)9-16(15)25-4/h5-6,9,14H,7-8,10,12H2,1-4H3,(H,23,24)/b22-17+. The Balaban J connectivity index is 1.60. The lowest BCUT2D eigenvalue weighted by molar-refractivity contribution is -0.123. The van der Waals surface area contributed by atoms with E-state index in [2.05, 4.69) is 31.3 Å². The summed E-state index contributed by atoms with van der Waals surface area (Å²) >= 11 is 0. The van der Waals surface area contributed by atoms with E-state index >= 15 is 0 Å². The lowest BCUT2D eigenvalue weighted by Gasteiger charge is -2.34. The molecule has 6 nitrogen and oxygen atoms in total. The van der Waals surface area contributed by atoms with Gasteiger partial charge in [0, 0.05) is 17.2 Å². The maximum Gasteiger partial charge on any atom is 0.277 e. The van der Waals surface area contributed by atoms with Crippen molar-refractivity contribution >= 4 is 11.6 Å². The van der Waals surface area contributed by atoms with Crippen LogP contribution in [0, 0.1) is 28.1 Å². The molecule has 2 unspecified atom stereocenters. The molecule has 138 valence electrons. The molecular weight excluding hydrogens is 330 g/mol. The molecule has 1 N–H and O–H groups in total. The SMILES string of the molecule is COc1cc(C#N)ccc1OCC(=O)N/N=C1\CC2CCC1(C)C2(C)C. The van der Waals surface area contributed by atoms with Crippen LogP contribution >= 0.6 is 0 Å². The molecule has 2 aliphatic rings. The molecule has 0 radical (unpaired) electrons. The molecule has 0 spiro atoms. The highest BCUT2D eigenvalue weighted by molar-refractivity contribution is 5.95. The summed E-state index contributed by atoms with van der Waals surface area (Å²) in [5, 5.41) is 13.3. The van der Waals surface area contributed by atoms with Crippen LogP contribution in [0.2, 0.25) is 0 Å². The number of hydrogen-bond donors (Lipinski definition) is 1. The van der Waals surface area contributed by atoms with E-state index in [1.165, 1.54) is 13.5 Å². The predicted molar refractivity (Wildman–Crippen MR) is 98.0 cm³/mol. The number of nitriles is 1. The van der Waals surface area contributed by atoms with Crippen molar-refractivity contribution < 1.29 is 14.3 Å². The largest absolute Gasteiger partial charge is 0.493 e. The summed E-state index contributed by atoms with van der Waals surface area (Å²) < 4.78 is 10.7. The number of nitrogens with zero attached hydrogens (tertiary/aromatic N) is 2. The van der Waals surface area contributed by atoms with Crippen LogP contribution in [-0.4, -0.2) is 25.3 Å². The second kappa shape index (κ2) is 6.64. The predicted octanol–water partition coefficient (Wildman–Crippen LogP) is 3.26. The normalized spacial score (nSPS) is 27.2. The maximum atomic E-state index is 12.1. The van der Waals surface area contributed by atoms with E-state index < -0.39 is 0 Å². The van der Waals surface area contributed by atoms with Gasteiger partial charge >= 0.3 is 0 Å². The minimum atomic E-state index is -0.312. The van der Waals surface area contributed by atoms with Crippen molar-refractivity contribution in [2.24, 2.45) is 21.8 Å². The molecule has 2 bridgehead atoms. The van der Waals surface area contributed by atoms with Crippen LogP contribution in [0.1, 0.15) is 45.6 Å². The van der Waals surface area contributed by atoms with Crippen molar-refractivity contribution in [1.29, 1.82) is 5.26 Å². The number of benzene rings is 1. The number of rotatable bonds is 5. The van der Waals surface area contributed by atoms with Gasteiger partial charge in [0.25, 0.3) is 5.91 Å². The lowest BCUT2D eigenvalue weighted by atomic mass is 9.70. The summed E-state index contributed by atoms with van der Waals surface area (Å²) in [4.78, 5) is 12.1. The van der Waals surface area contributed by atoms with Gasteiger partial charge in [-0.1, -0.05) is 20.8 Å². The Bertz CT molecular complexity index is 794. The van der Waals surface area contributed by atoms with Crippen molar-refractivity contribution in [3.63, 3.8) is 0 Å². The Kier molecular flexibility index (Phi) is 4.66. The highest BCUT2D eigenvalue weighted by Crippen LogP contribution is 2.63. The molecule has 0 saturated heterocycles. The van der Waals surface area contributed by atoms with Crippen LogP contribution in [0.3, 0.4) is 0 Å². The topological polar surface area (TPSA) is 83.7 Å². The first-order valence-corrected chi connectivity index (χ1v) is 8.88. The van der Waals surface area contributed by atoms with E-state index in [0.29, 0.717) is 23.0 Å². The molecule has 0 heterocycles. The minimum Gasteiger partial charge on any atom is -0.493 e. The summed E-state index contributed by atoms with van der Waals surface area (Å²) in [6.07, 6.45) is 3.31. The Morgan fingerprint density at radius 2 is 2.15 bits per heavy atom. The van der Waals surface area contributed by atoms with Crippen molar-refractivity contribution in [1.82, 2.24) is 5.43 Å².